The summed E-state index contributed by atoms with van der Waals surface area (Å²) in [5, 5.41) is 13.5. The van der Waals surface area contributed by atoms with Crippen molar-refractivity contribution >= 4 is 24.0 Å². The van der Waals surface area contributed by atoms with Gasteiger partial charge >= 0.3 is 0 Å². The summed E-state index contributed by atoms with van der Waals surface area (Å²) in [4.78, 5) is 26.4. The van der Waals surface area contributed by atoms with Crippen LogP contribution in [-0.2, 0) is 0 Å². The highest BCUT2D eigenvalue weighted by molar-refractivity contribution is 5.95. The van der Waals surface area contributed by atoms with E-state index in [1.165, 1.54) is 11.6 Å². The van der Waals surface area contributed by atoms with E-state index in [4.69, 9.17) is 5.73 Å². The molecule has 7 nitrogen and oxygen atoms in total. The molecule has 1 aromatic heterocycles. The molecule has 1 amide bonds. The lowest BCUT2D eigenvalue weighted by Gasteiger charge is -2.15. The van der Waals surface area contributed by atoms with E-state index in [0.717, 1.165) is 11.8 Å². The van der Waals surface area contributed by atoms with Crippen LogP contribution in [0.2, 0.25) is 0 Å². The van der Waals surface area contributed by atoms with E-state index < -0.39 is 10.8 Å². The zero-order valence-corrected chi connectivity index (χ0v) is 15.7. The van der Waals surface area contributed by atoms with Crippen LogP contribution in [-0.4, -0.2) is 22.4 Å². The molecule has 1 aromatic carbocycles. The van der Waals surface area contributed by atoms with Crippen molar-refractivity contribution < 1.29 is 9.72 Å². The minimum Gasteiger partial charge on any atom is -0.350 e. The van der Waals surface area contributed by atoms with Crippen molar-refractivity contribution in [2.75, 3.05) is 6.54 Å². The second-order valence-corrected chi connectivity index (χ2v) is 6.22. The van der Waals surface area contributed by atoms with Crippen LogP contribution < -0.4 is 11.1 Å². The van der Waals surface area contributed by atoms with Gasteiger partial charge in [0.25, 0.3) is 11.6 Å². The molecule has 0 saturated carbocycles. The minimum atomic E-state index is -0.578. The number of amides is 1. The summed E-state index contributed by atoms with van der Waals surface area (Å²) < 4.78 is 0. The number of aryl methyl sites for hydroxylation is 1. The molecule has 1 heterocycles. The van der Waals surface area contributed by atoms with Gasteiger partial charge in [-0.05, 0) is 24.0 Å². The zero-order chi connectivity index (χ0) is 18.6. The molecule has 8 heteroatoms. The maximum Gasteiger partial charge on any atom is 0.288 e. The number of pyridine rings is 1. The number of aromatic nitrogens is 1. The van der Waals surface area contributed by atoms with Gasteiger partial charge in [0.2, 0.25) is 0 Å². The van der Waals surface area contributed by atoms with Gasteiger partial charge in [-0.15, -0.1) is 12.4 Å². The van der Waals surface area contributed by atoms with Gasteiger partial charge in [-0.3, -0.25) is 19.9 Å². The lowest BCUT2D eigenvalue weighted by Crippen LogP contribution is -2.32. The van der Waals surface area contributed by atoms with Crippen LogP contribution in [0.4, 0.5) is 5.69 Å². The van der Waals surface area contributed by atoms with Crippen molar-refractivity contribution in [2.24, 2.45) is 5.73 Å². The fourth-order valence-electron chi connectivity index (χ4n) is 2.40. The summed E-state index contributed by atoms with van der Waals surface area (Å²) in [5.41, 5.74) is 8.65. The number of hydrogen-bond donors (Lipinski definition) is 2. The van der Waals surface area contributed by atoms with Crippen LogP contribution >= 0.6 is 12.4 Å². The van der Waals surface area contributed by atoms with E-state index in [9.17, 15) is 14.9 Å². The molecule has 0 fully saturated rings. The number of halogens is 1. The van der Waals surface area contributed by atoms with Crippen LogP contribution in [0, 0.1) is 17.0 Å². The van der Waals surface area contributed by atoms with Gasteiger partial charge in [-0.25, -0.2) is 0 Å². The number of hydrogen-bond acceptors (Lipinski definition) is 5. The molecular formula is C18H23ClN4O3. The topological polar surface area (TPSA) is 111 Å². The molecule has 0 aliphatic rings. The smallest absolute Gasteiger partial charge is 0.288 e. The number of nitro groups is 1. The molecule has 0 bridgehead atoms. The SMILES string of the molecule is Cc1ncc([N+](=O)[O-])cc1C(=O)NCC(N)c1ccc(C(C)C)cc1.Cl. The second kappa shape index (κ2) is 9.26. The highest BCUT2D eigenvalue weighted by atomic mass is 35.5. The summed E-state index contributed by atoms with van der Waals surface area (Å²) in [7, 11) is 0. The van der Waals surface area contributed by atoms with Gasteiger partial charge in [-0.1, -0.05) is 38.1 Å². The van der Waals surface area contributed by atoms with Crippen LogP contribution in [0.3, 0.4) is 0 Å². The zero-order valence-electron chi connectivity index (χ0n) is 14.9. The van der Waals surface area contributed by atoms with Crippen LogP contribution in [0.1, 0.15) is 53.0 Å². The maximum atomic E-state index is 12.3. The van der Waals surface area contributed by atoms with Crippen molar-refractivity contribution in [2.45, 2.75) is 32.7 Å². The lowest BCUT2D eigenvalue weighted by atomic mass is 9.99. The van der Waals surface area contributed by atoms with Crippen molar-refractivity contribution in [3.05, 3.63) is 69.0 Å². The first-order valence-electron chi connectivity index (χ1n) is 8.04. The van der Waals surface area contributed by atoms with Gasteiger partial charge in [-0.2, -0.15) is 0 Å². The Balaban J connectivity index is 0.00000338. The van der Waals surface area contributed by atoms with Gasteiger partial charge in [0, 0.05) is 18.7 Å². The summed E-state index contributed by atoms with van der Waals surface area (Å²) in [6, 6.07) is 8.81. The van der Waals surface area contributed by atoms with Crippen molar-refractivity contribution in [3.8, 4) is 0 Å². The second-order valence-electron chi connectivity index (χ2n) is 6.22. The quantitative estimate of drug-likeness (QED) is 0.591. The fourth-order valence-corrected chi connectivity index (χ4v) is 2.40. The number of benzene rings is 1. The van der Waals surface area contributed by atoms with Gasteiger partial charge in [0.1, 0.15) is 6.20 Å². The standard InChI is InChI=1S/C18H22N4O3.ClH/c1-11(2)13-4-6-14(7-5-13)17(19)10-21-18(23)16-8-15(22(24)25)9-20-12(16)3;/h4-9,11,17H,10,19H2,1-3H3,(H,21,23);1H. The number of nitrogens with zero attached hydrogens (tertiary/aromatic N) is 2. The normalized spacial score (nSPS) is 11.6. The molecule has 0 radical (unpaired) electrons. The summed E-state index contributed by atoms with van der Waals surface area (Å²) >= 11 is 0. The monoisotopic (exact) mass is 378 g/mol. The number of rotatable bonds is 6. The van der Waals surface area contributed by atoms with Crippen LogP contribution in [0.25, 0.3) is 0 Å². The third-order valence-electron chi connectivity index (χ3n) is 4.04. The molecule has 0 spiro atoms. The van der Waals surface area contributed by atoms with E-state index in [0.29, 0.717) is 11.6 Å². The number of carbonyl (C=O) groups is 1. The highest BCUT2D eigenvalue weighted by Gasteiger charge is 2.17. The third-order valence-corrected chi connectivity index (χ3v) is 4.04. The Morgan fingerprint density at radius 2 is 1.85 bits per heavy atom. The maximum absolute atomic E-state index is 12.3. The van der Waals surface area contributed by atoms with Crippen LogP contribution in [0.5, 0.6) is 0 Å². The Labute approximate surface area is 158 Å². The predicted molar refractivity (Wildman–Crippen MR) is 103 cm³/mol. The molecule has 2 aromatic rings. The molecule has 26 heavy (non-hydrogen) atoms. The van der Waals surface area contributed by atoms with E-state index in [2.05, 4.69) is 24.1 Å². The lowest BCUT2D eigenvalue weighted by molar-refractivity contribution is -0.385. The number of carbonyl (C=O) groups excluding carboxylic acids is 1. The minimum absolute atomic E-state index is 0. The molecule has 0 aliphatic carbocycles. The predicted octanol–water partition coefficient (Wildman–Crippen LogP) is 3.27. The Bertz CT molecular complexity index is 779. The Hall–Kier alpha value is -2.51. The van der Waals surface area contributed by atoms with E-state index in [1.54, 1.807) is 6.92 Å². The average molecular weight is 379 g/mol. The summed E-state index contributed by atoms with van der Waals surface area (Å²) in [5.74, 6) is 0.0114. The molecule has 0 saturated heterocycles. The van der Waals surface area contributed by atoms with Gasteiger partial charge < -0.3 is 11.1 Å². The third kappa shape index (κ3) is 5.24. The Kier molecular flexibility index (Phi) is 7.67. The Morgan fingerprint density at radius 3 is 2.38 bits per heavy atom. The van der Waals surface area contributed by atoms with E-state index in [-0.39, 0.29) is 36.2 Å². The van der Waals surface area contributed by atoms with E-state index in [1.807, 2.05) is 24.3 Å². The van der Waals surface area contributed by atoms with Crippen LogP contribution in [0.15, 0.2) is 36.5 Å². The highest BCUT2D eigenvalue weighted by Crippen LogP contribution is 2.18. The van der Waals surface area contributed by atoms with Crippen molar-refractivity contribution in [1.29, 1.82) is 0 Å². The number of nitrogens with two attached hydrogens (primary N) is 1. The first kappa shape index (κ1) is 21.5. The molecule has 1 atom stereocenters. The first-order valence-corrected chi connectivity index (χ1v) is 8.04. The Morgan fingerprint density at radius 1 is 1.27 bits per heavy atom. The average Bonchev–Trinajstić information content (AvgIpc) is 2.59. The first-order chi connectivity index (χ1) is 11.8. The molecule has 3 N–H and O–H groups in total. The summed E-state index contributed by atoms with van der Waals surface area (Å²) in [6.07, 6.45) is 1.13. The molecule has 140 valence electrons. The molecule has 2 rings (SSSR count). The van der Waals surface area contributed by atoms with Gasteiger partial charge in [0.15, 0.2) is 0 Å². The fraction of sp³-hybridized carbons (Fsp3) is 0.333. The molecular weight excluding hydrogens is 356 g/mol. The van der Waals surface area contributed by atoms with Crippen molar-refractivity contribution in [3.63, 3.8) is 0 Å². The van der Waals surface area contributed by atoms with Gasteiger partial charge in [0.05, 0.1) is 16.2 Å². The molecule has 0 aliphatic heterocycles. The summed E-state index contributed by atoms with van der Waals surface area (Å²) in [6.45, 7) is 6.08. The molecule has 1 unspecified atom stereocenters. The van der Waals surface area contributed by atoms with E-state index >= 15 is 0 Å². The van der Waals surface area contributed by atoms with Crippen molar-refractivity contribution in [1.82, 2.24) is 10.3 Å². The largest absolute Gasteiger partial charge is 0.350 e. The number of nitrogens with one attached hydrogen (secondary N) is 1.